The molecule has 0 spiro atoms. The van der Waals surface area contributed by atoms with Crippen LogP contribution in [0.3, 0.4) is 0 Å². The smallest absolute Gasteiger partial charge is 0.123 e. The maximum Gasteiger partial charge on any atom is 0.123 e. The number of hydrogen-bond donors (Lipinski definition) is 0. The molecular formula is C11H14FO. The van der Waals surface area contributed by atoms with Gasteiger partial charge in [-0.15, -0.1) is 0 Å². The van der Waals surface area contributed by atoms with Gasteiger partial charge in [-0.3, -0.25) is 0 Å². The van der Waals surface area contributed by atoms with Gasteiger partial charge in [0, 0.05) is 0 Å². The molecule has 71 valence electrons. The van der Waals surface area contributed by atoms with Gasteiger partial charge in [-0.25, -0.2) is 4.39 Å². The van der Waals surface area contributed by atoms with Crippen LogP contribution < -0.4 is 0 Å². The van der Waals surface area contributed by atoms with E-state index in [0.29, 0.717) is 6.61 Å². The summed E-state index contributed by atoms with van der Waals surface area (Å²) in [7, 11) is 0. The minimum Gasteiger partial charge on any atom is -0.378 e. The molecule has 1 nitrogen and oxygen atoms in total. The Hall–Kier alpha value is -0.890. The van der Waals surface area contributed by atoms with Crippen LogP contribution in [0.1, 0.15) is 12.5 Å². The lowest BCUT2D eigenvalue weighted by Crippen LogP contribution is -2.06. The van der Waals surface area contributed by atoms with E-state index in [9.17, 15) is 4.39 Å². The van der Waals surface area contributed by atoms with Crippen molar-refractivity contribution in [2.24, 2.45) is 0 Å². The molecule has 0 amide bonds. The van der Waals surface area contributed by atoms with Gasteiger partial charge in [0.2, 0.25) is 0 Å². The summed E-state index contributed by atoms with van der Waals surface area (Å²) in [6.07, 6.45) is 0.820. The molecule has 0 N–H and O–H groups in total. The van der Waals surface area contributed by atoms with Gasteiger partial charge in [-0.05, 0) is 38.0 Å². The number of rotatable bonds is 4. The molecule has 0 aliphatic heterocycles. The Kier molecular flexibility index (Phi) is 3.90. The van der Waals surface area contributed by atoms with Crippen molar-refractivity contribution in [2.75, 3.05) is 6.61 Å². The van der Waals surface area contributed by atoms with Crippen LogP contribution in [0.2, 0.25) is 0 Å². The third-order valence-corrected chi connectivity index (χ3v) is 1.71. The molecule has 13 heavy (non-hydrogen) atoms. The third kappa shape index (κ3) is 4.04. The van der Waals surface area contributed by atoms with Gasteiger partial charge in [0.1, 0.15) is 5.82 Å². The Morgan fingerprint density at radius 2 is 2.00 bits per heavy atom. The maximum absolute atomic E-state index is 12.5. The van der Waals surface area contributed by atoms with Crippen molar-refractivity contribution in [2.45, 2.75) is 19.4 Å². The summed E-state index contributed by atoms with van der Waals surface area (Å²) in [6, 6.07) is 6.46. The van der Waals surface area contributed by atoms with Gasteiger partial charge in [0.15, 0.2) is 0 Å². The summed E-state index contributed by atoms with van der Waals surface area (Å²) in [6.45, 7) is 6.23. The molecule has 1 atom stereocenters. The van der Waals surface area contributed by atoms with Crippen LogP contribution >= 0.6 is 0 Å². The summed E-state index contributed by atoms with van der Waals surface area (Å²) in [5.74, 6) is -0.199. The lowest BCUT2D eigenvalue weighted by atomic mass is 10.2. The second-order valence-electron chi connectivity index (χ2n) is 3.06. The van der Waals surface area contributed by atoms with E-state index in [0.717, 1.165) is 12.0 Å². The van der Waals surface area contributed by atoms with Gasteiger partial charge < -0.3 is 4.74 Å². The zero-order valence-corrected chi connectivity index (χ0v) is 7.79. The average molecular weight is 181 g/mol. The quantitative estimate of drug-likeness (QED) is 0.693. The van der Waals surface area contributed by atoms with E-state index in [1.807, 2.05) is 6.92 Å². The predicted molar refractivity (Wildman–Crippen MR) is 50.9 cm³/mol. The topological polar surface area (TPSA) is 9.23 Å². The van der Waals surface area contributed by atoms with Gasteiger partial charge >= 0.3 is 0 Å². The van der Waals surface area contributed by atoms with Crippen LogP contribution in [0.15, 0.2) is 24.3 Å². The molecule has 0 fully saturated rings. The summed E-state index contributed by atoms with van der Waals surface area (Å²) >= 11 is 0. The molecule has 0 saturated carbocycles. The van der Waals surface area contributed by atoms with E-state index in [1.54, 1.807) is 12.1 Å². The van der Waals surface area contributed by atoms with Crippen LogP contribution in [-0.2, 0) is 11.2 Å². The Morgan fingerprint density at radius 3 is 2.54 bits per heavy atom. The van der Waals surface area contributed by atoms with Gasteiger partial charge in [0.05, 0.1) is 12.7 Å². The second-order valence-corrected chi connectivity index (χ2v) is 3.06. The summed E-state index contributed by atoms with van der Waals surface area (Å²) in [4.78, 5) is 0. The summed E-state index contributed by atoms with van der Waals surface area (Å²) in [5, 5.41) is 0. The highest BCUT2D eigenvalue weighted by Gasteiger charge is 1.96. The number of halogens is 1. The van der Waals surface area contributed by atoms with E-state index < -0.39 is 0 Å². The van der Waals surface area contributed by atoms with Crippen molar-refractivity contribution in [1.82, 2.24) is 0 Å². The predicted octanol–water partition coefficient (Wildman–Crippen LogP) is 2.61. The molecule has 0 aromatic heterocycles. The maximum atomic E-state index is 12.5. The molecule has 0 heterocycles. The fourth-order valence-corrected chi connectivity index (χ4v) is 1.03. The zero-order valence-electron chi connectivity index (χ0n) is 7.79. The fourth-order valence-electron chi connectivity index (χ4n) is 1.03. The molecule has 1 aromatic rings. The largest absolute Gasteiger partial charge is 0.378 e. The van der Waals surface area contributed by atoms with Crippen molar-refractivity contribution < 1.29 is 9.13 Å². The van der Waals surface area contributed by atoms with Gasteiger partial charge in [0.25, 0.3) is 0 Å². The van der Waals surface area contributed by atoms with Crippen molar-refractivity contribution >= 4 is 0 Å². The van der Waals surface area contributed by atoms with Crippen LogP contribution in [0.25, 0.3) is 0 Å². The minimum atomic E-state index is -0.199. The standard InChI is InChI=1S/C11H14FO/c1-9(2)13-8-7-10-3-5-11(12)6-4-10/h3-6,9H,1,7-8H2,2H3. The Balaban J connectivity index is 2.33. The first-order valence-electron chi connectivity index (χ1n) is 4.37. The van der Waals surface area contributed by atoms with E-state index in [2.05, 4.69) is 6.92 Å². The first-order valence-corrected chi connectivity index (χ1v) is 4.37. The van der Waals surface area contributed by atoms with Crippen LogP contribution in [0, 0.1) is 12.7 Å². The van der Waals surface area contributed by atoms with Gasteiger partial charge in [-0.1, -0.05) is 12.1 Å². The lowest BCUT2D eigenvalue weighted by Gasteiger charge is -2.06. The Bertz CT molecular complexity index is 241. The van der Waals surface area contributed by atoms with E-state index in [-0.39, 0.29) is 11.9 Å². The number of benzene rings is 1. The molecule has 0 aliphatic carbocycles. The summed E-state index contributed by atoms with van der Waals surface area (Å²) in [5.41, 5.74) is 1.09. The average Bonchev–Trinajstić information content (AvgIpc) is 2.08. The first-order chi connectivity index (χ1) is 6.18. The molecule has 1 rings (SSSR count). The molecular weight excluding hydrogens is 167 g/mol. The molecule has 2 heteroatoms. The van der Waals surface area contributed by atoms with E-state index in [1.165, 1.54) is 12.1 Å². The Morgan fingerprint density at radius 1 is 1.38 bits per heavy atom. The van der Waals surface area contributed by atoms with Crippen molar-refractivity contribution in [3.63, 3.8) is 0 Å². The van der Waals surface area contributed by atoms with Crippen LogP contribution in [-0.4, -0.2) is 12.7 Å². The lowest BCUT2D eigenvalue weighted by molar-refractivity contribution is 0.0983. The Labute approximate surface area is 78.5 Å². The summed E-state index contributed by atoms with van der Waals surface area (Å²) < 4.78 is 17.8. The molecule has 0 saturated heterocycles. The van der Waals surface area contributed by atoms with Crippen molar-refractivity contribution in [3.8, 4) is 0 Å². The van der Waals surface area contributed by atoms with Gasteiger partial charge in [-0.2, -0.15) is 0 Å². The molecule has 0 aliphatic rings. The van der Waals surface area contributed by atoms with Crippen LogP contribution in [0.4, 0.5) is 4.39 Å². The van der Waals surface area contributed by atoms with Crippen molar-refractivity contribution in [3.05, 3.63) is 42.6 Å². The van der Waals surface area contributed by atoms with E-state index in [4.69, 9.17) is 4.74 Å². The van der Waals surface area contributed by atoms with E-state index >= 15 is 0 Å². The molecule has 1 radical (unpaired) electrons. The number of ether oxygens (including phenoxy) is 1. The monoisotopic (exact) mass is 181 g/mol. The highest BCUT2D eigenvalue weighted by atomic mass is 19.1. The molecule has 1 unspecified atom stereocenters. The fraction of sp³-hybridized carbons (Fsp3) is 0.364. The van der Waals surface area contributed by atoms with Crippen molar-refractivity contribution in [1.29, 1.82) is 0 Å². The molecule has 0 bridgehead atoms. The number of hydrogen-bond acceptors (Lipinski definition) is 1. The highest BCUT2D eigenvalue weighted by molar-refractivity contribution is 5.15. The van der Waals surface area contributed by atoms with Crippen LogP contribution in [0.5, 0.6) is 0 Å². The second kappa shape index (κ2) is 4.97. The normalized spacial score (nSPS) is 10.8. The SMILES string of the molecule is [CH2]C(C)OCCc1ccc(F)cc1. The first kappa shape index (κ1) is 10.2. The highest BCUT2D eigenvalue weighted by Crippen LogP contribution is 2.03. The minimum absolute atomic E-state index is 0.0143. The zero-order chi connectivity index (χ0) is 9.68. The molecule has 1 aromatic carbocycles. The third-order valence-electron chi connectivity index (χ3n) is 1.71.